The zero-order valence-electron chi connectivity index (χ0n) is 16.9. The molecule has 3 heterocycles. The SMILES string of the molecule is C=S(C)(=O)N1CCN(c2cc(-n3ncc4ccc(/C(C=N)=C/N)cc43)ccn2)CC1. The number of hydrogen-bond acceptors (Lipinski definition) is 6. The molecule has 0 saturated carbocycles. The van der Waals surface area contributed by atoms with Crippen molar-refractivity contribution in [2.24, 2.45) is 5.73 Å². The summed E-state index contributed by atoms with van der Waals surface area (Å²) in [5, 5.41) is 13.1. The van der Waals surface area contributed by atoms with E-state index < -0.39 is 9.71 Å². The molecular formula is C21H25N7OS. The maximum Gasteiger partial charge on any atom is 0.130 e. The number of hydrogen-bond donors (Lipinski definition) is 2. The molecule has 0 aliphatic carbocycles. The van der Waals surface area contributed by atoms with Crippen LogP contribution in [0.1, 0.15) is 5.56 Å². The second-order valence-electron chi connectivity index (χ2n) is 7.34. The first-order valence-corrected chi connectivity index (χ1v) is 11.7. The highest BCUT2D eigenvalue weighted by Crippen LogP contribution is 2.24. The molecule has 1 aromatic carbocycles. The zero-order valence-corrected chi connectivity index (χ0v) is 17.7. The van der Waals surface area contributed by atoms with E-state index in [0.717, 1.165) is 41.1 Å². The molecule has 3 aromatic rings. The number of rotatable bonds is 5. The number of allylic oxidation sites excluding steroid dienone is 1. The summed E-state index contributed by atoms with van der Waals surface area (Å²) < 4.78 is 16.0. The van der Waals surface area contributed by atoms with Gasteiger partial charge in [-0.05, 0) is 23.6 Å². The van der Waals surface area contributed by atoms with Crippen LogP contribution in [0.2, 0.25) is 0 Å². The molecule has 0 spiro atoms. The molecule has 0 bridgehead atoms. The predicted octanol–water partition coefficient (Wildman–Crippen LogP) is 1.75. The molecule has 1 unspecified atom stereocenters. The van der Waals surface area contributed by atoms with Gasteiger partial charge in [0.2, 0.25) is 0 Å². The van der Waals surface area contributed by atoms with Gasteiger partial charge in [-0.3, -0.25) is 4.21 Å². The van der Waals surface area contributed by atoms with Crippen LogP contribution in [0.4, 0.5) is 5.82 Å². The van der Waals surface area contributed by atoms with Gasteiger partial charge >= 0.3 is 0 Å². The van der Waals surface area contributed by atoms with Crippen molar-refractivity contribution in [1.29, 1.82) is 5.41 Å². The van der Waals surface area contributed by atoms with Crippen molar-refractivity contribution >= 4 is 44.1 Å². The monoisotopic (exact) mass is 423 g/mol. The van der Waals surface area contributed by atoms with Crippen LogP contribution in [0, 0.1) is 5.41 Å². The highest BCUT2D eigenvalue weighted by molar-refractivity contribution is 7.97. The minimum atomic E-state index is -2.17. The standard InChI is InChI=1S/C21H25N7OS/c1-30(2,29)27-9-7-26(8-10-27)21-12-19(5-6-24-21)28-20-11-16(18(13-22)14-23)3-4-17(20)15-25-28/h3-6,11-15,22H,1,7-10,23H2,2H3/b18-14+,22-13?. The molecule has 2 aromatic heterocycles. The van der Waals surface area contributed by atoms with E-state index in [-0.39, 0.29) is 0 Å². The molecule has 156 valence electrons. The number of anilines is 1. The number of pyridine rings is 1. The van der Waals surface area contributed by atoms with E-state index in [4.69, 9.17) is 11.1 Å². The predicted molar refractivity (Wildman–Crippen MR) is 125 cm³/mol. The quantitative estimate of drug-likeness (QED) is 0.481. The zero-order chi connectivity index (χ0) is 21.3. The molecule has 1 saturated heterocycles. The Kier molecular flexibility index (Phi) is 5.31. The Hall–Kier alpha value is -3.17. The Morgan fingerprint density at radius 3 is 2.67 bits per heavy atom. The van der Waals surface area contributed by atoms with Crippen LogP contribution in [0.5, 0.6) is 0 Å². The van der Waals surface area contributed by atoms with Gasteiger partial charge in [-0.2, -0.15) is 5.10 Å². The van der Waals surface area contributed by atoms with E-state index in [1.165, 1.54) is 12.4 Å². The molecule has 9 heteroatoms. The summed E-state index contributed by atoms with van der Waals surface area (Å²) in [4.78, 5) is 6.72. The molecule has 8 nitrogen and oxygen atoms in total. The van der Waals surface area contributed by atoms with E-state index >= 15 is 0 Å². The lowest BCUT2D eigenvalue weighted by molar-refractivity contribution is 0.409. The average Bonchev–Trinajstić information content (AvgIpc) is 3.18. The smallest absolute Gasteiger partial charge is 0.130 e. The van der Waals surface area contributed by atoms with Crippen LogP contribution < -0.4 is 10.6 Å². The van der Waals surface area contributed by atoms with Gasteiger partial charge in [0, 0.05) is 77.8 Å². The van der Waals surface area contributed by atoms with E-state index in [1.54, 1.807) is 12.5 Å². The summed E-state index contributed by atoms with van der Waals surface area (Å²) in [5.74, 6) is 4.64. The normalized spacial score (nSPS) is 17.8. The average molecular weight is 424 g/mol. The van der Waals surface area contributed by atoms with E-state index in [1.807, 2.05) is 45.5 Å². The summed E-state index contributed by atoms with van der Waals surface area (Å²) in [6.45, 7) is 2.86. The Bertz CT molecular complexity index is 1220. The number of fused-ring (bicyclic) bond motifs is 1. The van der Waals surface area contributed by atoms with Crippen molar-refractivity contribution in [2.45, 2.75) is 0 Å². The minimum absolute atomic E-state index is 0.649. The second-order valence-corrected chi connectivity index (χ2v) is 9.78. The van der Waals surface area contributed by atoms with Crippen LogP contribution in [0.15, 0.2) is 48.9 Å². The summed E-state index contributed by atoms with van der Waals surface area (Å²) in [7, 11) is -2.17. The first-order chi connectivity index (χ1) is 14.4. The number of nitrogens with two attached hydrogens (primary N) is 1. The van der Waals surface area contributed by atoms with Crippen molar-refractivity contribution in [3.63, 3.8) is 0 Å². The largest absolute Gasteiger partial charge is 0.404 e. The summed E-state index contributed by atoms with van der Waals surface area (Å²) in [5.41, 5.74) is 8.99. The molecule has 0 amide bonds. The molecule has 4 rings (SSSR count). The molecule has 0 radical (unpaired) electrons. The van der Waals surface area contributed by atoms with Gasteiger partial charge in [-0.25, -0.2) is 14.0 Å². The van der Waals surface area contributed by atoms with E-state index in [0.29, 0.717) is 18.7 Å². The second kappa shape index (κ2) is 7.92. The maximum absolute atomic E-state index is 12.2. The first-order valence-electron chi connectivity index (χ1n) is 9.60. The molecule has 1 aliphatic rings. The highest BCUT2D eigenvalue weighted by atomic mass is 32.2. The van der Waals surface area contributed by atoms with Crippen LogP contribution in [0.25, 0.3) is 22.2 Å². The number of nitrogens with one attached hydrogen (secondary N) is 1. The summed E-state index contributed by atoms with van der Waals surface area (Å²) in [6.07, 6.45) is 7.95. The van der Waals surface area contributed by atoms with Gasteiger partial charge in [0.05, 0.1) is 17.4 Å². The van der Waals surface area contributed by atoms with Crippen molar-refractivity contribution in [1.82, 2.24) is 19.1 Å². The summed E-state index contributed by atoms with van der Waals surface area (Å²) >= 11 is 0. The Morgan fingerprint density at radius 1 is 1.23 bits per heavy atom. The van der Waals surface area contributed by atoms with Gasteiger partial charge in [0.25, 0.3) is 0 Å². The first kappa shape index (κ1) is 20.1. The van der Waals surface area contributed by atoms with Crippen molar-refractivity contribution in [3.8, 4) is 5.69 Å². The fourth-order valence-electron chi connectivity index (χ4n) is 3.65. The van der Waals surface area contributed by atoms with Crippen LogP contribution in [-0.2, 0) is 9.71 Å². The Balaban J connectivity index is 1.65. The lowest BCUT2D eigenvalue weighted by Crippen LogP contribution is -2.48. The lowest BCUT2D eigenvalue weighted by Gasteiger charge is -2.35. The molecule has 1 fully saturated rings. The van der Waals surface area contributed by atoms with Crippen LogP contribution >= 0.6 is 0 Å². The van der Waals surface area contributed by atoms with E-state index in [9.17, 15) is 4.21 Å². The fraction of sp³-hybridized carbons (Fsp3) is 0.238. The van der Waals surface area contributed by atoms with Gasteiger partial charge in [-0.15, -0.1) is 0 Å². The fourth-order valence-corrected chi connectivity index (χ4v) is 4.58. The van der Waals surface area contributed by atoms with E-state index in [2.05, 4.69) is 20.9 Å². The molecule has 30 heavy (non-hydrogen) atoms. The highest BCUT2D eigenvalue weighted by Gasteiger charge is 2.21. The molecular weight excluding hydrogens is 398 g/mol. The topological polar surface area (TPSA) is 104 Å². The molecule has 1 aliphatic heterocycles. The third-order valence-corrected chi connectivity index (χ3v) is 6.78. The third kappa shape index (κ3) is 3.81. The molecule has 3 N–H and O–H groups in total. The number of nitrogens with zero attached hydrogens (tertiary/aromatic N) is 5. The Labute approximate surface area is 176 Å². The maximum atomic E-state index is 12.2. The number of aromatic nitrogens is 3. The van der Waals surface area contributed by atoms with Crippen molar-refractivity contribution in [3.05, 3.63) is 54.5 Å². The minimum Gasteiger partial charge on any atom is -0.404 e. The molecule has 1 atom stereocenters. The van der Waals surface area contributed by atoms with Gasteiger partial charge in [0.15, 0.2) is 0 Å². The van der Waals surface area contributed by atoms with Crippen molar-refractivity contribution < 1.29 is 4.21 Å². The van der Waals surface area contributed by atoms with Crippen LogP contribution in [-0.4, -0.2) is 67.8 Å². The van der Waals surface area contributed by atoms with Gasteiger partial charge < -0.3 is 16.0 Å². The lowest BCUT2D eigenvalue weighted by atomic mass is 10.1. The number of benzene rings is 1. The third-order valence-electron chi connectivity index (χ3n) is 5.32. The number of piperazine rings is 1. The van der Waals surface area contributed by atoms with Crippen LogP contribution in [0.3, 0.4) is 0 Å². The van der Waals surface area contributed by atoms with Gasteiger partial charge in [-0.1, -0.05) is 12.1 Å². The Morgan fingerprint density at radius 2 is 2.00 bits per heavy atom. The van der Waals surface area contributed by atoms with Gasteiger partial charge in [0.1, 0.15) is 5.82 Å². The van der Waals surface area contributed by atoms with Crippen molar-refractivity contribution in [2.75, 3.05) is 37.3 Å². The summed E-state index contributed by atoms with van der Waals surface area (Å²) in [6, 6.07) is 9.83.